The highest BCUT2D eigenvalue weighted by Crippen LogP contribution is 2.34. The van der Waals surface area contributed by atoms with Crippen molar-refractivity contribution < 1.29 is 18.1 Å². The molecule has 0 saturated carbocycles. The smallest absolute Gasteiger partial charge is 0.141 e. The zero-order valence-corrected chi connectivity index (χ0v) is 25.2. The summed E-state index contributed by atoms with van der Waals surface area (Å²) in [6.07, 6.45) is 3.23. The number of hydrogen-bond acceptors (Lipinski definition) is 7. The number of anilines is 2. The molecule has 0 aliphatic carbocycles. The minimum absolute atomic E-state index is 0.0637. The molecule has 0 spiro atoms. The van der Waals surface area contributed by atoms with Crippen molar-refractivity contribution in [1.29, 1.82) is 0 Å². The van der Waals surface area contributed by atoms with Crippen molar-refractivity contribution >= 4 is 45.2 Å². The van der Waals surface area contributed by atoms with Crippen LogP contribution in [-0.2, 0) is 17.8 Å². The van der Waals surface area contributed by atoms with Crippen LogP contribution in [0.1, 0.15) is 31.2 Å². The summed E-state index contributed by atoms with van der Waals surface area (Å²) in [5.41, 5.74) is 3.08. The van der Waals surface area contributed by atoms with Gasteiger partial charge in [0.05, 0.1) is 16.8 Å². The molecular weight excluding hydrogens is 575 g/mol. The third-order valence-corrected chi connectivity index (χ3v) is 8.08. The molecule has 2 aromatic heterocycles. The summed E-state index contributed by atoms with van der Waals surface area (Å²) < 4.78 is 37.7. The molecule has 0 bridgehead atoms. The largest absolute Gasteiger partial charge is 0.616 e. The van der Waals surface area contributed by atoms with Crippen LogP contribution < -0.4 is 10.1 Å². The number of fused-ring (bicyclic) bond motifs is 1. The number of ether oxygens (including phenoxy) is 1. The standard InChI is InChI=1S/C32H32ClFN4O3S/c1-4-38(5-2)28(19-42(3)39)31-14-13-29(41-31)22-9-11-27-25(16-22)32(36-20-35-27)37-24-10-12-30(26(33)17-24)40-18-21-7-6-8-23(34)15-21/h6-17,20,28H,4-5,18-19H2,1-3H3,(H,35,36,37)/t28-,42?/m1/s1. The predicted molar refractivity (Wildman–Crippen MR) is 167 cm³/mol. The quantitative estimate of drug-likeness (QED) is 0.145. The van der Waals surface area contributed by atoms with Gasteiger partial charge in [-0.2, -0.15) is 0 Å². The first-order valence-electron chi connectivity index (χ1n) is 13.7. The SMILES string of the molecule is CCN(CC)[C@H](C[S+](C)[O-])c1ccc(-c2ccc3ncnc(Nc4ccc(OCc5cccc(F)c5)c(Cl)c4)c3c2)o1. The summed E-state index contributed by atoms with van der Waals surface area (Å²) in [6, 6.07) is 21.4. The molecule has 10 heteroatoms. The minimum atomic E-state index is -0.968. The van der Waals surface area contributed by atoms with E-state index in [-0.39, 0.29) is 18.5 Å². The molecule has 0 amide bonds. The van der Waals surface area contributed by atoms with Gasteiger partial charge in [0, 0.05) is 16.6 Å². The summed E-state index contributed by atoms with van der Waals surface area (Å²) in [5, 5.41) is 4.56. The number of furan rings is 1. The Morgan fingerprint density at radius 3 is 2.62 bits per heavy atom. The normalized spacial score (nSPS) is 12.9. The molecule has 7 nitrogen and oxygen atoms in total. The maximum Gasteiger partial charge on any atom is 0.141 e. The van der Waals surface area contributed by atoms with Crippen molar-refractivity contribution in [2.75, 3.05) is 30.4 Å². The molecule has 0 aliphatic heterocycles. The van der Waals surface area contributed by atoms with Gasteiger partial charge in [-0.25, -0.2) is 14.4 Å². The summed E-state index contributed by atoms with van der Waals surface area (Å²) in [7, 11) is 0. The summed E-state index contributed by atoms with van der Waals surface area (Å²) in [4.78, 5) is 11.2. The second-order valence-electron chi connectivity index (χ2n) is 9.82. The number of halogens is 2. The van der Waals surface area contributed by atoms with Crippen LogP contribution in [0.3, 0.4) is 0 Å². The minimum Gasteiger partial charge on any atom is -0.616 e. The number of benzene rings is 3. The van der Waals surface area contributed by atoms with Crippen molar-refractivity contribution in [2.24, 2.45) is 0 Å². The molecule has 0 radical (unpaired) electrons. The molecule has 42 heavy (non-hydrogen) atoms. The third-order valence-electron chi connectivity index (χ3n) is 7.00. The highest BCUT2D eigenvalue weighted by molar-refractivity contribution is 7.90. The Kier molecular flexibility index (Phi) is 9.64. The van der Waals surface area contributed by atoms with E-state index in [0.717, 1.165) is 41.0 Å². The monoisotopic (exact) mass is 606 g/mol. The lowest BCUT2D eigenvalue weighted by Crippen LogP contribution is -2.32. The molecule has 3 aromatic carbocycles. The van der Waals surface area contributed by atoms with Crippen LogP contribution in [0.25, 0.3) is 22.2 Å². The first-order chi connectivity index (χ1) is 20.3. The number of aromatic nitrogens is 2. The maximum atomic E-state index is 13.5. The molecule has 0 saturated heterocycles. The first kappa shape index (κ1) is 29.8. The Morgan fingerprint density at radius 2 is 1.88 bits per heavy atom. The second-order valence-corrected chi connectivity index (χ2v) is 11.7. The van der Waals surface area contributed by atoms with Crippen molar-refractivity contribution in [3.05, 3.63) is 101 Å². The number of nitrogens with zero attached hydrogens (tertiary/aromatic N) is 3. The maximum absolute atomic E-state index is 13.5. The molecule has 1 unspecified atom stereocenters. The van der Waals surface area contributed by atoms with Crippen LogP contribution in [-0.4, -0.2) is 44.5 Å². The van der Waals surface area contributed by atoms with E-state index in [1.165, 1.54) is 18.5 Å². The fourth-order valence-electron chi connectivity index (χ4n) is 4.87. The molecule has 2 heterocycles. The van der Waals surface area contributed by atoms with Crippen molar-refractivity contribution in [2.45, 2.75) is 26.5 Å². The van der Waals surface area contributed by atoms with E-state index >= 15 is 0 Å². The van der Waals surface area contributed by atoms with E-state index in [0.29, 0.717) is 33.7 Å². The lowest BCUT2D eigenvalue weighted by Gasteiger charge is -2.27. The Balaban J connectivity index is 1.37. The van der Waals surface area contributed by atoms with E-state index in [1.54, 1.807) is 30.5 Å². The molecule has 218 valence electrons. The molecular formula is C32H32ClFN4O3S. The van der Waals surface area contributed by atoms with Crippen LogP contribution in [0, 0.1) is 5.82 Å². The topological polar surface area (TPSA) is 86.5 Å². The lowest BCUT2D eigenvalue weighted by molar-refractivity contribution is 0.210. The van der Waals surface area contributed by atoms with Crippen molar-refractivity contribution in [1.82, 2.24) is 14.9 Å². The zero-order chi connectivity index (χ0) is 29.6. The number of hydrogen-bond donors (Lipinski definition) is 1. The zero-order valence-electron chi connectivity index (χ0n) is 23.6. The van der Waals surface area contributed by atoms with E-state index in [1.807, 2.05) is 36.4 Å². The number of rotatable bonds is 12. The molecule has 0 fully saturated rings. The summed E-state index contributed by atoms with van der Waals surface area (Å²) in [5.74, 6) is 2.80. The molecule has 1 N–H and O–H groups in total. The van der Waals surface area contributed by atoms with Gasteiger partial charge in [-0.1, -0.05) is 48.8 Å². The third kappa shape index (κ3) is 7.04. The lowest BCUT2D eigenvalue weighted by atomic mass is 10.1. The van der Waals surface area contributed by atoms with Gasteiger partial charge in [-0.15, -0.1) is 0 Å². The van der Waals surface area contributed by atoms with Crippen LogP contribution in [0.2, 0.25) is 5.02 Å². The second kappa shape index (κ2) is 13.6. The molecule has 5 rings (SSSR count). The Labute approximate surface area is 252 Å². The van der Waals surface area contributed by atoms with Gasteiger partial charge >= 0.3 is 0 Å². The van der Waals surface area contributed by atoms with Gasteiger partial charge in [-0.3, -0.25) is 4.90 Å². The van der Waals surface area contributed by atoms with Crippen molar-refractivity contribution in [3.8, 4) is 17.1 Å². The highest BCUT2D eigenvalue weighted by atomic mass is 35.5. The molecule has 2 atom stereocenters. The summed E-state index contributed by atoms with van der Waals surface area (Å²) >= 11 is 5.54. The molecule has 0 aliphatic rings. The van der Waals surface area contributed by atoms with E-state index in [9.17, 15) is 8.94 Å². The van der Waals surface area contributed by atoms with Crippen LogP contribution in [0.5, 0.6) is 5.75 Å². The van der Waals surface area contributed by atoms with Gasteiger partial charge in [0.25, 0.3) is 0 Å². The fraction of sp³-hybridized carbons (Fsp3) is 0.250. The van der Waals surface area contributed by atoms with Gasteiger partial charge in [0.2, 0.25) is 0 Å². The van der Waals surface area contributed by atoms with Gasteiger partial charge < -0.3 is 19.0 Å². The van der Waals surface area contributed by atoms with Crippen LogP contribution in [0.4, 0.5) is 15.9 Å². The average Bonchev–Trinajstić information content (AvgIpc) is 3.47. The Morgan fingerprint density at radius 1 is 1.05 bits per heavy atom. The van der Waals surface area contributed by atoms with Crippen LogP contribution in [0.15, 0.2) is 83.5 Å². The number of nitrogens with one attached hydrogen (secondary N) is 1. The van der Waals surface area contributed by atoms with Gasteiger partial charge in [-0.05, 0) is 79.3 Å². The van der Waals surface area contributed by atoms with E-state index in [2.05, 4.69) is 34.0 Å². The van der Waals surface area contributed by atoms with Crippen molar-refractivity contribution in [3.63, 3.8) is 0 Å². The average molecular weight is 607 g/mol. The van der Waals surface area contributed by atoms with E-state index < -0.39 is 11.2 Å². The fourth-order valence-corrected chi connectivity index (χ4v) is 5.93. The van der Waals surface area contributed by atoms with Crippen LogP contribution >= 0.6 is 11.6 Å². The predicted octanol–water partition coefficient (Wildman–Crippen LogP) is 7.77. The summed E-state index contributed by atoms with van der Waals surface area (Å²) in [6.45, 7) is 6.06. The first-order valence-corrected chi connectivity index (χ1v) is 15.8. The Bertz CT molecular complexity index is 1660. The Hall–Kier alpha value is -3.63. The highest BCUT2D eigenvalue weighted by Gasteiger charge is 2.25. The molecule has 5 aromatic rings. The van der Waals surface area contributed by atoms with Gasteiger partial charge in [0.15, 0.2) is 0 Å². The van der Waals surface area contributed by atoms with Gasteiger partial charge in [0.1, 0.15) is 53.6 Å². The van der Waals surface area contributed by atoms with E-state index in [4.69, 9.17) is 20.8 Å².